The Balaban J connectivity index is 1.69. The Morgan fingerprint density at radius 2 is 1.33 bits per heavy atom. The van der Waals surface area contributed by atoms with Crippen LogP contribution in [0.4, 0.5) is 0 Å². The number of hydrogen-bond acceptors (Lipinski definition) is 26. The molecule has 18 N–H and O–H groups in total. The van der Waals surface area contributed by atoms with Crippen molar-refractivity contribution in [2.45, 2.75) is 161 Å². The second-order valence-corrected chi connectivity index (χ2v) is 15.4. The van der Waals surface area contributed by atoms with Gasteiger partial charge in [-0.2, -0.15) is 0 Å². The zero-order valence-electron chi connectivity index (χ0n) is 33.5. The van der Waals surface area contributed by atoms with Gasteiger partial charge in [-0.25, -0.2) is 9.59 Å². The van der Waals surface area contributed by atoms with Gasteiger partial charge in [0.1, 0.15) is 92.1 Å². The quantitative estimate of drug-likeness (QED) is 0.0568. The van der Waals surface area contributed by atoms with Crippen LogP contribution in [-0.4, -0.2) is 261 Å². The first-order valence-electron chi connectivity index (χ1n) is 19.3. The van der Waals surface area contributed by atoms with Gasteiger partial charge in [0.05, 0.1) is 44.1 Å². The first-order chi connectivity index (χ1) is 29.4. The number of aliphatic hydroxyl groups is 13. The molecule has 0 saturated carbocycles. The van der Waals surface area contributed by atoms with Gasteiger partial charge in [0.2, 0.25) is 5.91 Å². The van der Waals surface area contributed by atoms with E-state index in [1.54, 1.807) is 0 Å². The van der Waals surface area contributed by atoms with Gasteiger partial charge >= 0.3 is 17.9 Å². The fourth-order valence-electron chi connectivity index (χ4n) is 7.57. The Hall–Kier alpha value is -2.96. The van der Waals surface area contributed by atoms with Gasteiger partial charge in [-0.05, 0) is 0 Å². The summed E-state index contributed by atoms with van der Waals surface area (Å²) in [5, 5.41) is 162. The molecule has 0 aromatic rings. The zero-order valence-corrected chi connectivity index (χ0v) is 33.5. The normalized spacial score (nSPS) is 42.9. The lowest BCUT2D eigenvalue weighted by molar-refractivity contribution is -0.387. The Labute approximate surface area is 355 Å². The topological polar surface area (TPSA) is 484 Å². The van der Waals surface area contributed by atoms with Crippen molar-refractivity contribution in [3.63, 3.8) is 0 Å². The number of esters is 1. The highest BCUT2D eigenvalue weighted by atomic mass is 16.8. The molecule has 0 aliphatic carbocycles. The van der Waals surface area contributed by atoms with Crippen LogP contribution < -0.4 is 11.1 Å². The first-order valence-corrected chi connectivity index (χ1v) is 19.3. The summed E-state index contributed by atoms with van der Waals surface area (Å²) in [6.07, 6.45) is -40.2. The second-order valence-electron chi connectivity index (χ2n) is 15.4. The number of carbonyl (C=O) groups is 4. The summed E-state index contributed by atoms with van der Waals surface area (Å²) in [6, 6.07) is -3.53. The van der Waals surface area contributed by atoms with Gasteiger partial charge in [0.15, 0.2) is 12.6 Å². The maximum atomic E-state index is 13.1. The molecule has 4 saturated heterocycles. The van der Waals surface area contributed by atoms with Crippen LogP contribution in [0.1, 0.15) is 26.7 Å². The number of aliphatic carboxylic acids is 2. The van der Waals surface area contributed by atoms with E-state index in [2.05, 4.69) is 10.1 Å². The molecule has 4 fully saturated rings. The minimum absolute atomic E-state index is 0.856. The molecule has 0 unspecified atom stereocenters. The minimum Gasteiger partial charge on any atom is -0.477 e. The Morgan fingerprint density at radius 1 is 0.746 bits per heavy atom. The molecule has 29 nitrogen and oxygen atoms in total. The molecule has 1 amide bonds. The van der Waals surface area contributed by atoms with Crippen LogP contribution in [0.2, 0.25) is 0 Å². The van der Waals surface area contributed by atoms with Gasteiger partial charge in [0.25, 0.3) is 11.6 Å². The van der Waals surface area contributed by atoms with E-state index in [1.807, 2.05) is 0 Å². The first kappa shape index (κ1) is 52.7. The number of aliphatic hydroxyl groups excluding tert-OH is 13. The van der Waals surface area contributed by atoms with Crippen molar-refractivity contribution in [3.05, 3.63) is 0 Å². The molecule has 0 radical (unpaired) electrons. The lowest BCUT2D eigenvalue weighted by atomic mass is 9.87. The van der Waals surface area contributed by atoms with Crippen molar-refractivity contribution in [1.29, 1.82) is 0 Å². The van der Waals surface area contributed by atoms with Crippen LogP contribution in [0, 0.1) is 0 Å². The number of carbonyl (C=O) groups excluding carboxylic acids is 2. The summed E-state index contributed by atoms with van der Waals surface area (Å²) in [6.45, 7) is -2.43. The van der Waals surface area contributed by atoms with Crippen molar-refractivity contribution in [1.82, 2.24) is 5.32 Å². The molecular weight excluding hydrogens is 868 g/mol. The number of carboxylic acid groups (broad SMARTS) is 2. The minimum atomic E-state index is -3.32. The van der Waals surface area contributed by atoms with E-state index in [4.69, 9.17) is 38.9 Å². The third kappa shape index (κ3) is 11.4. The fraction of sp³-hybridized carbons (Fsp3) is 0.882. The molecule has 4 aliphatic rings. The van der Waals surface area contributed by atoms with E-state index in [0.29, 0.717) is 0 Å². The SMILES string of the molecule is CC(=O)N[C@H]1[C@H]([C@H](O)[C@@H](CO)O[C@]2(C(=O)O)C[C@H](O)[C@@H](N)[C@H]([C@H](O)[C@H](O)COC(C)=O)O2)O[C@@](O[C@H]2[C@@H](O)[C@@H](CO)O[C@@H](O[C@H]3[C@H](O)[C@@H](O)[C@H](O)O[C@@H]3CO)[C@@H]2O)(C(=O)O)C[C@@H]1O. The second kappa shape index (κ2) is 21.6. The number of nitrogens with two attached hydrogens (primary N) is 1. The van der Waals surface area contributed by atoms with Crippen molar-refractivity contribution >= 4 is 23.8 Å². The number of carboxylic acids is 2. The Kier molecular flexibility index (Phi) is 18.0. The van der Waals surface area contributed by atoms with E-state index in [0.717, 1.165) is 13.8 Å². The van der Waals surface area contributed by atoms with Gasteiger partial charge in [-0.15, -0.1) is 0 Å². The van der Waals surface area contributed by atoms with Gasteiger partial charge < -0.3 is 126 Å². The van der Waals surface area contributed by atoms with Crippen LogP contribution in [0.3, 0.4) is 0 Å². The van der Waals surface area contributed by atoms with Gasteiger partial charge in [-0.1, -0.05) is 0 Å². The highest BCUT2D eigenvalue weighted by Crippen LogP contribution is 2.40. The third-order valence-corrected chi connectivity index (χ3v) is 10.9. The van der Waals surface area contributed by atoms with Crippen LogP contribution in [-0.2, 0) is 57.1 Å². The van der Waals surface area contributed by atoms with E-state index in [1.165, 1.54) is 0 Å². The maximum absolute atomic E-state index is 13.1. The van der Waals surface area contributed by atoms with Gasteiger partial charge in [0, 0.05) is 26.7 Å². The van der Waals surface area contributed by atoms with Crippen LogP contribution in [0.25, 0.3) is 0 Å². The van der Waals surface area contributed by atoms with E-state index in [9.17, 15) is 95.8 Å². The number of rotatable bonds is 18. The highest BCUT2D eigenvalue weighted by Gasteiger charge is 2.62. The summed E-state index contributed by atoms with van der Waals surface area (Å²) in [7, 11) is 0. The summed E-state index contributed by atoms with van der Waals surface area (Å²) in [4.78, 5) is 49.5. The number of nitrogens with one attached hydrogen (secondary N) is 1. The standard InChI is InChI=1S/C34H56N2O27/c1-9(40)36-18-12(43)4-34(32(54)55,63-28-20(46)14(5-37)58-30(24(28)50)59-25-16(7-39)57-29(51)23(49)22(25)48)62-27(18)21(47)15(6-38)60-33(31(52)53)3-11(42)17(35)26(61-33)19(45)13(44)8-56-10(2)41/h11-30,37-39,42-51H,3-8,35H2,1-2H3,(H,36,40)(H,52,53)(H,54,55)/t11-,12-,13+,14+,15+,16+,17+,18+,19+,20-,21+,22+,23+,24+,25+,26+,27+,28-,29+,30-,33+,34-/m0/s1. The van der Waals surface area contributed by atoms with Crippen molar-refractivity contribution in [2.24, 2.45) is 5.73 Å². The average molecular weight is 925 g/mol. The molecular formula is C34H56N2O27. The lowest BCUT2D eigenvalue weighted by Crippen LogP contribution is -2.71. The van der Waals surface area contributed by atoms with Crippen molar-refractivity contribution < 1.29 is 134 Å². The van der Waals surface area contributed by atoms with Crippen LogP contribution in [0.5, 0.6) is 0 Å². The monoisotopic (exact) mass is 924 g/mol. The summed E-state index contributed by atoms with van der Waals surface area (Å²) < 4.78 is 43.0. The zero-order chi connectivity index (χ0) is 47.5. The molecule has 0 aromatic heterocycles. The largest absolute Gasteiger partial charge is 0.477 e. The molecule has 22 atom stereocenters. The van der Waals surface area contributed by atoms with E-state index in [-0.39, 0.29) is 0 Å². The van der Waals surface area contributed by atoms with Crippen LogP contribution in [0.15, 0.2) is 0 Å². The molecule has 4 heterocycles. The van der Waals surface area contributed by atoms with Crippen LogP contribution >= 0.6 is 0 Å². The smallest absolute Gasteiger partial charge is 0.364 e. The Morgan fingerprint density at radius 3 is 1.87 bits per heavy atom. The Bertz CT molecular complexity index is 1560. The molecule has 4 rings (SSSR count). The average Bonchev–Trinajstić information content (AvgIpc) is 3.22. The summed E-state index contributed by atoms with van der Waals surface area (Å²) in [5.74, 6) is -12.6. The lowest BCUT2D eigenvalue weighted by Gasteiger charge is -2.51. The number of ether oxygens (including phenoxy) is 8. The molecule has 63 heavy (non-hydrogen) atoms. The molecule has 0 aromatic carbocycles. The molecule has 4 aliphatic heterocycles. The van der Waals surface area contributed by atoms with Crippen molar-refractivity contribution in [2.75, 3.05) is 26.4 Å². The predicted molar refractivity (Wildman–Crippen MR) is 191 cm³/mol. The summed E-state index contributed by atoms with van der Waals surface area (Å²) >= 11 is 0. The number of amides is 1. The number of hydrogen-bond donors (Lipinski definition) is 17. The van der Waals surface area contributed by atoms with E-state index < -0.39 is 197 Å². The van der Waals surface area contributed by atoms with Gasteiger partial charge in [-0.3, -0.25) is 9.59 Å². The molecule has 29 heteroatoms. The summed E-state index contributed by atoms with van der Waals surface area (Å²) in [5.41, 5.74) is 5.94. The fourth-order valence-corrected chi connectivity index (χ4v) is 7.57. The molecule has 0 bridgehead atoms. The van der Waals surface area contributed by atoms with Crippen molar-refractivity contribution in [3.8, 4) is 0 Å². The third-order valence-electron chi connectivity index (χ3n) is 10.9. The van der Waals surface area contributed by atoms with E-state index >= 15 is 0 Å². The molecule has 364 valence electrons. The molecule has 0 spiro atoms. The maximum Gasteiger partial charge on any atom is 0.364 e. The highest BCUT2D eigenvalue weighted by molar-refractivity contribution is 5.77. The predicted octanol–water partition coefficient (Wildman–Crippen LogP) is -10.7.